The van der Waals surface area contributed by atoms with Crippen molar-refractivity contribution in [2.45, 2.75) is 52.5 Å². The van der Waals surface area contributed by atoms with Crippen molar-refractivity contribution in [3.05, 3.63) is 16.1 Å². The zero-order valence-corrected chi connectivity index (χ0v) is 12.9. The Hall–Kier alpha value is -0.410. The van der Waals surface area contributed by atoms with Crippen LogP contribution in [-0.2, 0) is 6.42 Å². The van der Waals surface area contributed by atoms with E-state index in [0.717, 1.165) is 24.2 Å². The largest absolute Gasteiger partial charge is 0.316 e. The van der Waals surface area contributed by atoms with Gasteiger partial charge in [0.15, 0.2) is 0 Å². The molecular weight excluding hydrogens is 240 g/mol. The van der Waals surface area contributed by atoms with Crippen LogP contribution in [0.4, 0.5) is 0 Å². The van der Waals surface area contributed by atoms with Crippen molar-refractivity contribution in [3.8, 4) is 0 Å². The summed E-state index contributed by atoms with van der Waals surface area (Å²) in [5.74, 6) is 2.60. The number of nitrogens with zero attached hydrogens (tertiary/aromatic N) is 1. The number of nitrogens with one attached hydrogen (secondary N) is 1. The molecule has 3 heteroatoms. The van der Waals surface area contributed by atoms with Gasteiger partial charge in [-0.1, -0.05) is 20.3 Å². The third kappa shape index (κ3) is 3.33. The molecule has 0 radical (unpaired) electrons. The first-order chi connectivity index (χ1) is 8.60. The lowest BCUT2D eigenvalue weighted by Crippen LogP contribution is -2.39. The number of rotatable bonds is 4. The summed E-state index contributed by atoms with van der Waals surface area (Å²) in [6, 6.07) is 0.599. The minimum absolute atomic E-state index is 0.599. The van der Waals surface area contributed by atoms with E-state index in [1.165, 1.54) is 30.0 Å². The first-order valence-electron chi connectivity index (χ1n) is 7.18. The lowest BCUT2D eigenvalue weighted by molar-refractivity contribution is 0.173. The van der Waals surface area contributed by atoms with Crippen LogP contribution in [-0.4, -0.2) is 18.1 Å². The first-order valence-corrected chi connectivity index (χ1v) is 8.06. The van der Waals surface area contributed by atoms with E-state index in [4.69, 9.17) is 0 Å². The minimum atomic E-state index is 0.599. The normalized spacial score (nSPS) is 30.3. The Morgan fingerprint density at radius 1 is 1.39 bits per heavy atom. The standard InChI is InChI=1S/C15H26N2S/c1-10-5-6-13(7-11(10)2)15(16-4)8-14-9-18-12(3)17-14/h9-11,13,15-16H,5-8H2,1-4H3. The summed E-state index contributed by atoms with van der Waals surface area (Å²) in [5.41, 5.74) is 1.27. The van der Waals surface area contributed by atoms with E-state index in [9.17, 15) is 0 Å². The Morgan fingerprint density at radius 2 is 2.17 bits per heavy atom. The molecule has 0 aliphatic heterocycles. The third-order valence-corrected chi connectivity index (χ3v) is 5.50. The van der Waals surface area contributed by atoms with Crippen LogP contribution in [0.1, 0.15) is 43.8 Å². The van der Waals surface area contributed by atoms with Gasteiger partial charge in [-0.25, -0.2) is 4.98 Å². The van der Waals surface area contributed by atoms with E-state index in [-0.39, 0.29) is 0 Å². The Kier molecular flexibility index (Phi) is 4.79. The highest BCUT2D eigenvalue weighted by Crippen LogP contribution is 2.35. The second-order valence-electron chi connectivity index (χ2n) is 5.98. The molecule has 4 unspecified atom stereocenters. The van der Waals surface area contributed by atoms with Gasteiger partial charge in [-0.05, 0) is 44.6 Å². The second kappa shape index (κ2) is 6.16. The average Bonchev–Trinajstić information content (AvgIpc) is 2.75. The van der Waals surface area contributed by atoms with Crippen LogP contribution in [0.5, 0.6) is 0 Å². The van der Waals surface area contributed by atoms with Crippen LogP contribution >= 0.6 is 11.3 Å². The molecule has 0 saturated heterocycles. The lowest BCUT2D eigenvalue weighted by atomic mass is 9.72. The molecule has 102 valence electrons. The van der Waals surface area contributed by atoms with Crippen molar-refractivity contribution >= 4 is 11.3 Å². The average molecular weight is 266 g/mol. The van der Waals surface area contributed by atoms with Crippen LogP contribution in [0.2, 0.25) is 0 Å². The van der Waals surface area contributed by atoms with Crippen LogP contribution in [0.25, 0.3) is 0 Å². The van der Waals surface area contributed by atoms with Gasteiger partial charge >= 0.3 is 0 Å². The summed E-state index contributed by atoms with van der Waals surface area (Å²) in [6.07, 6.45) is 5.22. The molecule has 1 aliphatic rings. The van der Waals surface area contributed by atoms with E-state index in [1.807, 2.05) is 0 Å². The van der Waals surface area contributed by atoms with Crippen molar-refractivity contribution < 1.29 is 0 Å². The van der Waals surface area contributed by atoms with E-state index in [2.05, 4.69) is 43.5 Å². The fourth-order valence-electron chi connectivity index (χ4n) is 3.19. The Balaban J connectivity index is 1.96. The van der Waals surface area contributed by atoms with E-state index < -0.39 is 0 Å². The fraction of sp³-hybridized carbons (Fsp3) is 0.800. The summed E-state index contributed by atoms with van der Waals surface area (Å²) in [5, 5.41) is 6.93. The topological polar surface area (TPSA) is 24.9 Å². The number of aryl methyl sites for hydroxylation is 1. The molecule has 0 bridgehead atoms. The van der Waals surface area contributed by atoms with E-state index in [0.29, 0.717) is 6.04 Å². The predicted molar refractivity (Wildman–Crippen MR) is 79.1 cm³/mol. The lowest BCUT2D eigenvalue weighted by Gasteiger charge is -2.36. The van der Waals surface area contributed by atoms with Gasteiger partial charge in [0.25, 0.3) is 0 Å². The van der Waals surface area contributed by atoms with E-state index >= 15 is 0 Å². The number of hydrogen-bond donors (Lipinski definition) is 1. The molecule has 1 aromatic heterocycles. The van der Waals surface area contributed by atoms with Crippen molar-refractivity contribution in [2.24, 2.45) is 17.8 Å². The van der Waals surface area contributed by atoms with Gasteiger partial charge in [-0.2, -0.15) is 0 Å². The van der Waals surface area contributed by atoms with Gasteiger partial charge < -0.3 is 5.32 Å². The summed E-state index contributed by atoms with van der Waals surface area (Å²) >= 11 is 1.77. The molecule has 1 fully saturated rings. The molecule has 4 atom stereocenters. The fourth-order valence-corrected chi connectivity index (χ4v) is 3.81. The first kappa shape index (κ1) is 14.0. The molecular formula is C15H26N2S. The van der Waals surface area contributed by atoms with Crippen LogP contribution in [0.3, 0.4) is 0 Å². The molecule has 1 saturated carbocycles. The molecule has 0 amide bonds. The van der Waals surface area contributed by atoms with Gasteiger partial charge in [0.2, 0.25) is 0 Å². The Labute approximate surface area is 115 Å². The van der Waals surface area contributed by atoms with Gasteiger partial charge in [0.1, 0.15) is 0 Å². The van der Waals surface area contributed by atoms with Crippen molar-refractivity contribution in [2.75, 3.05) is 7.05 Å². The zero-order valence-electron chi connectivity index (χ0n) is 12.1. The van der Waals surface area contributed by atoms with Crippen LogP contribution < -0.4 is 5.32 Å². The van der Waals surface area contributed by atoms with Crippen molar-refractivity contribution in [1.29, 1.82) is 0 Å². The van der Waals surface area contributed by atoms with Gasteiger partial charge in [-0.15, -0.1) is 11.3 Å². The van der Waals surface area contributed by atoms with Crippen LogP contribution in [0, 0.1) is 24.7 Å². The molecule has 1 aromatic rings. The van der Waals surface area contributed by atoms with Crippen LogP contribution in [0.15, 0.2) is 5.38 Å². The molecule has 0 spiro atoms. The maximum atomic E-state index is 4.61. The third-order valence-electron chi connectivity index (χ3n) is 4.67. The minimum Gasteiger partial charge on any atom is -0.316 e. The predicted octanol–water partition coefficient (Wildman–Crippen LogP) is 3.65. The maximum Gasteiger partial charge on any atom is 0.0897 e. The molecule has 2 rings (SSSR count). The van der Waals surface area contributed by atoms with E-state index in [1.54, 1.807) is 11.3 Å². The Morgan fingerprint density at radius 3 is 2.72 bits per heavy atom. The smallest absolute Gasteiger partial charge is 0.0897 e. The number of aromatic nitrogens is 1. The van der Waals surface area contributed by atoms with Crippen molar-refractivity contribution in [3.63, 3.8) is 0 Å². The van der Waals surface area contributed by atoms with Gasteiger partial charge in [0, 0.05) is 17.8 Å². The molecule has 2 nitrogen and oxygen atoms in total. The van der Waals surface area contributed by atoms with Gasteiger partial charge in [0.05, 0.1) is 10.7 Å². The Bertz CT molecular complexity index is 374. The SMILES string of the molecule is CNC(Cc1csc(C)n1)C1CCC(C)C(C)C1. The zero-order chi connectivity index (χ0) is 13.1. The second-order valence-corrected chi connectivity index (χ2v) is 7.05. The van der Waals surface area contributed by atoms with Crippen molar-refractivity contribution in [1.82, 2.24) is 10.3 Å². The summed E-state index contributed by atoms with van der Waals surface area (Å²) in [4.78, 5) is 4.61. The molecule has 1 heterocycles. The quantitative estimate of drug-likeness (QED) is 0.899. The number of hydrogen-bond acceptors (Lipinski definition) is 3. The maximum absolute atomic E-state index is 4.61. The van der Waals surface area contributed by atoms with Gasteiger partial charge in [-0.3, -0.25) is 0 Å². The number of likely N-dealkylation sites (N-methyl/N-ethyl adjacent to an activating group) is 1. The molecule has 1 N–H and O–H groups in total. The number of thiazole rings is 1. The molecule has 0 aromatic carbocycles. The monoisotopic (exact) mass is 266 g/mol. The summed E-state index contributed by atoms with van der Waals surface area (Å²) < 4.78 is 0. The highest BCUT2D eigenvalue weighted by Gasteiger charge is 2.29. The molecule has 18 heavy (non-hydrogen) atoms. The highest BCUT2D eigenvalue weighted by atomic mass is 32.1. The molecule has 1 aliphatic carbocycles. The summed E-state index contributed by atoms with van der Waals surface area (Å²) in [7, 11) is 2.10. The highest BCUT2D eigenvalue weighted by molar-refractivity contribution is 7.09. The summed E-state index contributed by atoms with van der Waals surface area (Å²) in [6.45, 7) is 6.91.